The Labute approximate surface area is 112 Å². The predicted octanol–water partition coefficient (Wildman–Crippen LogP) is 2.33. The number of hydrogen-bond donors (Lipinski definition) is 2. The molecule has 0 aliphatic carbocycles. The van der Waals surface area contributed by atoms with Crippen molar-refractivity contribution in [1.29, 1.82) is 0 Å². The number of halogens is 1. The maximum absolute atomic E-state index is 11.1. The third-order valence-electron chi connectivity index (χ3n) is 2.67. The molecular formula is C14H15ClN2O. The smallest absolute Gasteiger partial charge is 0.248 e. The lowest BCUT2D eigenvalue weighted by atomic mass is 10.0. The number of primary amides is 1. The van der Waals surface area contributed by atoms with E-state index in [1.807, 2.05) is 36.4 Å². The third-order valence-corrected chi connectivity index (χ3v) is 2.67. The lowest BCUT2D eigenvalue weighted by Crippen LogP contribution is -2.10. The average molecular weight is 263 g/mol. The number of hydrogen-bond acceptors (Lipinski definition) is 2. The largest absolute Gasteiger partial charge is 0.366 e. The summed E-state index contributed by atoms with van der Waals surface area (Å²) in [5.41, 5.74) is 14.4. The predicted molar refractivity (Wildman–Crippen MR) is 75.5 cm³/mol. The SMILES string of the molecule is Cl.NCc1ccc(-c2cccc(C(N)=O)c2)cc1. The van der Waals surface area contributed by atoms with Gasteiger partial charge in [-0.15, -0.1) is 12.4 Å². The molecular weight excluding hydrogens is 248 g/mol. The van der Waals surface area contributed by atoms with Crippen LogP contribution in [-0.2, 0) is 6.54 Å². The van der Waals surface area contributed by atoms with Crippen LogP contribution in [-0.4, -0.2) is 5.91 Å². The zero-order valence-corrected chi connectivity index (χ0v) is 10.6. The Morgan fingerprint density at radius 1 is 1.00 bits per heavy atom. The molecule has 2 rings (SSSR count). The third kappa shape index (κ3) is 3.09. The first-order valence-corrected chi connectivity index (χ1v) is 5.40. The van der Waals surface area contributed by atoms with Crippen molar-refractivity contribution in [2.45, 2.75) is 6.54 Å². The summed E-state index contributed by atoms with van der Waals surface area (Å²) >= 11 is 0. The van der Waals surface area contributed by atoms with Crippen molar-refractivity contribution in [3.05, 3.63) is 59.7 Å². The summed E-state index contributed by atoms with van der Waals surface area (Å²) in [5.74, 6) is -0.412. The molecule has 0 saturated heterocycles. The van der Waals surface area contributed by atoms with Gasteiger partial charge in [0.1, 0.15) is 0 Å². The van der Waals surface area contributed by atoms with Crippen LogP contribution in [0.3, 0.4) is 0 Å². The van der Waals surface area contributed by atoms with Crippen LogP contribution < -0.4 is 11.5 Å². The van der Waals surface area contributed by atoms with Crippen LogP contribution in [0.5, 0.6) is 0 Å². The average Bonchev–Trinajstić information content (AvgIpc) is 2.39. The molecule has 2 aromatic rings. The maximum atomic E-state index is 11.1. The van der Waals surface area contributed by atoms with E-state index in [9.17, 15) is 4.79 Å². The van der Waals surface area contributed by atoms with E-state index in [-0.39, 0.29) is 12.4 Å². The molecule has 0 bridgehead atoms. The molecule has 18 heavy (non-hydrogen) atoms. The van der Waals surface area contributed by atoms with Crippen LogP contribution in [0.1, 0.15) is 15.9 Å². The Balaban J connectivity index is 0.00000162. The minimum Gasteiger partial charge on any atom is -0.366 e. The van der Waals surface area contributed by atoms with Gasteiger partial charge in [0.15, 0.2) is 0 Å². The Hall–Kier alpha value is -1.84. The number of rotatable bonds is 3. The van der Waals surface area contributed by atoms with Gasteiger partial charge >= 0.3 is 0 Å². The van der Waals surface area contributed by atoms with Gasteiger partial charge in [-0.2, -0.15) is 0 Å². The van der Waals surface area contributed by atoms with Crippen LogP contribution in [0, 0.1) is 0 Å². The molecule has 0 radical (unpaired) electrons. The molecule has 1 amide bonds. The highest BCUT2D eigenvalue weighted by molar-refractivity contribution is 5.94. The summed E-state index contributed by atoms with van der Waals surface area (Å²) in [5, 5.41) is 0. The maximum Gasteiger partial charge on any atom is 0.248 e. The van der Waals surface area contributed by atoms with Crippen molar-refractivity contribution in [2.75, 3.05) is 0 Å². The quantitative estimate of drug-likeness (QED) is 0.891. The topological polar surface area (TPSA) is 69.1 Å². The Morgan fingerprint density at radius 3 is 2.22 bits per heavy atom. The highest BCUT2D eigenvalue weighted by Crippen LogP contribution is 2.20. The molecule has 94 valence electrons. The second-order valence-electron chi connectivity index (χ2n) is 3.85. The van der Waals surface area contributed by atoms with Crippen molar-refractivity contribution in [3.63, 3.8) is 0 Å². The number of nitrogens with two attached hydrogens (primary N) is 2. The fourth-order valence-corrected chi connectivity index (χ4v) is 1.69. The van der Waals surface area contributed by atoms with Gasteiger partial charge in [0.05, 0.1) is 0 Å². The van der Waals surface area contributed by atoms with Gasteiger partial charge in [0, 0.05) is 12.1 Å². The zero-order chi connectivity index (χ0) is 12.3. The van der Waals surface area contributed by atoms with Gasteiger partial charge in [0.25, 0.3) is 0 Å². The molecule has 0 atom stereocenters. The first kappa shape index (κ1) is 14.2. The van der Waals surface area contributed by atoms with Gasteiger partial charge in [-0.1, -0.05) is 36.4 Å². The molecule has 4 N–H and O–H groups in total. The normalized spacial score (nSPS) is 9.61. The van der Waals surface area contributed by atoms with Gasteiger partial charge in [0.2, 0.25) is 5.91 Å². The van der Waals surface area contributed by atoms with E-state index < -0.39 is 5.91 Å². The number of benzene rings is 2. The summed E-state index contributed by atoms with van der Waals surface area (Å²) in [4.78, 5) is 11.1. The van der Waals surface area contributed by atoms with Crippen LogP contribution >= 0.6 is 12.4 Å². The molecule has 0 aliphatic heterocycles. The molecule has 3 nitrogen and oxygen atoms in total. The highest BCUT2D eigenvalue weighted by Gasteiger charge is 2.03. The van der Waals surface area contributed by atoms with E-state index >= 15 is 0 Å². The fraction of sp³-hybridized carbons (Fsp3) is 0.0714. The van der Waals surface area contributed by atoms with Crippen molar-refractivity contribution >= 4 is 18.3 Å². The second kappa shape index (κ2) is 6.19. The summed E-state index contributed by atoms with van der Waals surface area (Å²) in [6, 6.07) is 15.2. The highest BCUT2D eigenvalue weighted by atomic mass is 35.5. The molecule has 4 heteroatoms. The molecule has 0 heterocycles. The Bertz CT molecular complexity index is 538. The van der Waals surface area contributed by atoms with Crippen LogP contribution in [0.15, 0.2) is 48.5 Å². The van der Waals surface area contributed by atoms with Crippen molar-refractivity contribution in [2.24, 2.45) is 11.5 Å². The fourth-order valence-electron chi connectivity index (χ4n) is 1.69. The van der Waals surface area contributed by atoms with Crippen molar-refractivity contribution < 1.29 is 4.79 Å². The molecule has 0 aromatic heterocycles. The monoisotopic (exact) mass is 262 g/mol. The summed E-state index contributed by atoms with van der Waals surface area (Å²) in [6.45, 7) is 0.529. The number of amides is 1. The zero-order valence-electron chi connectivity index (χ0n) is 9.80. The van der Waals surface area contributed by atoms with E-state index in [1.165, 1.54) is 0 Å². The van der Waals surface area contributed by atoms with Crippen molar-refractivity contribution in [3.8, 4) is 11.1 Å². The van der Waals surface area contributed by atoms with E-state index in [0.717, 1.165) is 16.7 Å². The molecule has 0 unspecified atom stereocenters. The van der Waals surface area contributed by atoms with E-state index in [0.29, 0.717) is 12.1 Å². The minimum absolute atomic E-state index is 0. The van der Waals surface area contributed by atoms with Crippen LogP contribution in [0.25, 0.3) is 11.1 Å². The van der Waals surface area contributed by atoms with E-state index in [2.05, 4.69) is 0 Å². The minimum atomic E-state index is -0.412. The van der Waals surface area contributed by atoms with Crippen LogP contribution in [0.4, 0.5) is 0 Å². The lowest BCUT2D eigenvalue weighted by Gasteiger charge is -2.04. The first-order chi connectivity index (χ1) is 8.20. The van der Waals surface area contributed by atoms with Crippen molar-refractivity contribution in [1.82, 2.24) is 0 Å². The van der Waals surface area contributed by atoms with Gasteiger partial charge < -0.3 is 11.5 Å². The number of carbonyl (C=O) groups is 1. The van der Waals surface area contributed by atoms with Crippen LogP contribution in [0.2, 0.25) is 0 Å². The Morgan fingerprint density at radius 2 is 1.67 bits per heavy atom. The lowest BCUT2D eigenvalue weighted by molar-refractivity contribution is 0.100. The molecule has 0 spiro atoms. The first-order valence-electron chi connectivity index (χ1n) is 5.40. The van der Waals surface area contributed by atoms with Gasteiger partial charge in [-0.3, -0.25) is 4.79 Å². The summed E-state index contributed by atoms with van der Waals surface area (Å²) in [7, 11) is 0. The number of carbonyl (C=O) groups excluding carboxylic acids is 1. The van der Waals surface area contributed by atoms with E-state index in [1.54, 1.807) is 12.1 Å². The molecule has 0 fully saturated rings. The van der Waals surface area contributed by atoms with Gasteiger partial charge in [-0.25, -0.2) is 0 Å². The summed E-state index contributed by atoms with van der Waals surface area (Å²) < 4.78 is 0. The molecule has 0 aliphatic rings. The van der Waals surface area contributed by atoms with E-state index in [4.69, 9.17) is 11.5 Å². The Kier molecular flexibility index (Phi) is 4.89. The molecule has 2 aromatic carbocycles. The molecule has 0 saturated carbocycles. The summed E-state index contributed by atoms with van der Waals surface area (Å²) in [6.07, 6.45) is 0. The standard InChI is InChI=1S/C14H14N2O.ClH/c15-9-10-4-6-11(7-5-10)12-2-1-3-13(8-12)14(16)17;/h1-8H,9,15H2,(H2,16,17);1H. The second-order valence-corrected chi connectivity index (χ2v) is 3.85. The van der Waals surface area contributed by atoms with Gasteiger partial charge in [-0.05, 0) is 28.8 Å².